The molecule has 0 aliphatic carbocycles. The molecule has 0 N–H and O–H groups in total. The van der Waals surface area contributed by atoms with Gasteiger partial charge >= 0.3 is 6.18 Å². The molecule has 1 heterocycles. The molecule has 0 spiro atoms. The molecule has 7 heteroatoms. The van der Waals surface area contributed by atoms with Crippen LogP contribution in [0.1, 0.15) is 4.88 Å². The second-order valence-electron chi connectivity index (χ2n) is 2.92. The van der Waals surface area contributed by atoms with Crippen LogP contribution in [-0.2, 0) is 10.9 Å². The summed E-state index contributed by atoms with van der Waals surface area (Å²) in [4.78, 5) is 4.65. The quantitative estimate of drug-likeness (QED) is 0.807. The number of likely N-dealkylation sites (N-methyl/N-ethyl adjacent to an activating group) is 1. The molecule has 1 aromatic heterocycles. The van der Waals surface area contributed by atoms with Crippen LogP contribution < -0.4 is 4.90 Å². The molecule has 0 radical (unpaired) electrons. The Hall–Kier alpha value is -0.820. The monoisotopic (exact) mass is 240 g/mol. The van der Waals surface area contributed by atoms with Crippen LogP contribution >= 0.6 is 11.3 Å². The van der Waals surface area contributed by atoms with Gasteiger partial charge in [0.15, 0.2) is 5.13 Å². The van der Waals surface area contributed by atoms with Crippen LogP contribution in [0.3, 0.4) is 0 Å². The van der Waals surface area contributed by atoms with Crippen molar-refractivity contribution in [1.82, 2.24) is 4.98 Å². The number of alkyl halides is 3. The maximum atomic E-state index is 12.2. The van der Waals surface area contributed by atoms with E-state index in [1.54, 1.807) is 11.9 Å². The van der Waals surface area contributed by atoms with Gasteiger partial charge in [0.2, 0.25) is 0 Å². The number of thiazole rings is 1. The minimum Gasteiger partial charge on any atom is -0.383 e. The van der Waals surface area contributed by atoms with Gasteiger partial charge in [-0.05, 0) is 0 Å². The molecule has 0 aliphatic heterocycles. The smallest absolute Gasteiger partial charge is 0.383 e. The fourth-order valence-corrected chi connectivity index (χ4v) is 1.67. The lowest BCUT2D eigenvalue weighted by Gasteiger charge is -2.14. The Morgan fingerprint density at radius 1 is 1.53 bits per heavy atom. The van der Waals surface area contributed by atoms with E-state index in [4.69, 9.17) is 4.74 Å². The van der Waals surface area contributed by atoms with Crippen molar-refractivity contribution < 1.29 is 17.9 Å². The largest absolute Gasteiger partial charge is 0.427 e. The van der Waals surface area contributed by atoms with E-state index >= 15 is 0 Å². The summed E-state index contributed by atoms with van der Waals surface area (Å²) in [7, 11) is 3.22. The van der Waals surface area contributed by atoms with E-state index in [0.29, 0.717) is 29.6 Å². The predicted molar refractivity (Wildman–Crippen MR) is 52.3 cm³/mol. The maximum absolute atomic E-state index is 12.2. The summed E-state index contributed by atoms with van der Waals surface area (Å²) in [6, 6.07) is 0. The van der Waals surface area contributed by atoms with Crippen molar-refractivity contribution in [3.05, 3.63) is 11.1 Å². The first kappa shape index (κ1) is 12.3. The lowest BCUT2D eigenvalue weighted by molar-refractivity contribution is -0.134. The number of anilines is 1. The standard InChI is InChI=1S/C8H11F3N2OS/c1-13(3-4-14-2)7-12-5-6(15-7)8(9,10)11/h5H,3-4H2,1-2H3. The second kappa shape index (κ2) is 4.80. The Labute approximate surface area is 89.5 Å². The highest BCUT2D eigenvalue weighted by Crippen LogP contribution is 2.35. The molecular formula is C8H11F3N2OS. The molecule has 0 bridgehead atoms. The number of methoxy groups -OCH3 is 1. The van der Waals surface area contributed by atoms with Gasteiger partial charge in [0.25, 0.3) is 0 Å². The first-order valence-electron chi connectivity index (χ1n) is 4.18. The first-order chi connectivity index (χ1) is 6.95. The molecule has 86 valence electrons. The molecule has 0 aliphatic rings. The third-order valence-corrected chi connectivity index (χ3v) is 2.89. The number of rotatable bonds is 4. The van der Waals surface area contributed by atoms with E-state index < -0.39 is 11.1 Å². The molecule has 15 heavy (non-hydrogen) atoms. The van der Waals surface area contributed by atoms with E-state index in [1.165, 1.54) is 7.11 Å². The van der Waals surface area contributed by atoms with E-state index in [1.807, 2.05) is 0 Å². The van der Waals surface area contributed by atoms with Crippen molar-refractivity contribution >= 4 is 16.5 Å². The average Bonchev–Trinajstić information content (AvgIpc) is 2.62. The summed E-state index contributed by atoms with van der Waals surface area (Å²) in [5, 5.41) is 0.347. The van der Waals surface area contributed by atoms with Crippen molar-refractivity contribution in [2.24, 2.45) is 0 Å². The zero-order valence-corrected chi connectivity index (χ0v) is 9.15. The lowest BCUT2D eigenvalue weighted by atomic mass is 10.5. The first-order valence-corrected chi connectivity index (χ1v) is 5.00. The van der Waals surface area contributed by atoms with Gasteiger partial charge < -0.3 is 9.64 Å². The Morgan fingerprint density at radius 3 is 2.67 bits per heavy atom. The summed E-state index contributed by atoms with van der Waals surface area (Å²) in [5.74, 6) is 0. The van der Waals surface area contributed by atoms with Crippen LogP contribution in [0.2, 0.25) is 0 Å². The van der Waals surface area contributed by atoms with Crippen molar-refractivity contribution in [1.29, 1.82) is 0 Å². The van der Waals surface area contributed by atoms with E-state index in [0.717, 1.165) is 6.20 Å². The highest BCUT2D eigenvalue weighted by molar-refractivity contribution is 7.15. The molecule has 0 amide bonds. The summed E-state index contributed by atoms with van der Waals surface area (Å²) in [6.45, 7) is 0.971. The van der Waals surface area contributed by atoms with Gasteiger partial charge in [0.05, 0.1) is 12.8 Å². The average molecular weight is 240 g/mol. The van der Waals surface area contributed by atoms with Crippen molar-refractivity contribution in [2.75, 3.05) is 32.2 Å². The molecule has 0 aromatic carbocycles. The fraction of sp³-hybridized carbons (Fsp3) is 0.625. The number of hydrogen-bond donors (Lipinski definition) is 0. The number of aromatic nitrogens is 1. The topological polar surface area (TPSA) is 25.4 Å². The SMILES string of the molecule is COCCN(C)c1ncc(C(F)(F)F)s1. The Kier molecular flexibility index (Phi) is 3.92. The number of halogens is 3. The van der Waals surface area contributed by atoms with Crippen LogP contribution in [0.4, 0.5) is 18.3 Å². The van der Waals surface area contributed by atoms with Gasteiger partial charge in [0.1, 0.15) is 4.88 Å². The third-order valence-electron chi connectivity index (χ3n) is 1.73. The molecule has 0 fully saturated rings. The van der Waals surface area contributed by atoms with E-state index in [2.05, 4.69) is 4.98 Å². The zero-order valence-electron chi connectivity index (χ0n) is 8.34. The van der Waals surface area contributed by atoms with Crippen molar-refractivity contribution in [3.8, 4) is 0 Å². The normalized spacial score (nSPS) is 11.8. The summed E-state index contributed by atoms with van der Waals surface area (Å²) in [5.41, 5.74) is 0. The van der Waals surface area contributed by atoms with Gasteiger partial charge in [-0.15, -0.1) is 0 Å². The van der Waals surface area contributed by atoms with Crippen molar-refractivity contribution in [2.45, 2.75) is 6.18 Å². The minimum absolute atomic E-state index is 0.347. The summed E-state index contributed by atoms with van der Waals surface area (Å²) >= 11 is 0.633. The highest BCUT2D eigenvalue weighted by atomic mass is 32.1. The van der Waals surface area contributed by atoms with Gasteiger partial charge in [-0.1, -0.05) is 11.3 Å². The number of hydrogen-bond acceptors (Lipinski definition) is 4. The zero-order chi connectivity index (χ0) is 11.5. The number of ether oxygens (including phenoxy) is 1. The van der Waals surface area contributed by atoms with Crippen molar-refractivity contribution in [3.63, 3.8) is 0 Å². The minimum atomic E-state index is -4.31. The number of nitrogens with zero attached hydrogens (tertiary/aromatic N) is 2. The Bertz CT molecular complexity index is 313. The predicted octanol–water partition coefficient (Wildman–Crippen LogP) is 2.24. The molecule has 3 nitrogen and oxygen atoms in total. The second-order valence-corrected chi connectivity index (χ2v) is 3.93. The van der Waals surface area contributed by atoms with Gasteiger partial charge in [0, 0.05) is 20.7 Å². The Morgan fingerprint density at radius 2 is 2.20 bits per heavy atom. The molecule has 0 saturated heterocycles. The van der Waals surface area contributed by atoms with E-state index in [-0.39, 0.29) is 0 Å². The summed E-state index contributed by atoms with van der Waals surface area (Å²) < 4.78 is 41.6. The van der Waals surface area contributed by atoms with Crippen LogP contribution in [0.5, 0.6) is 0 Å². The van der Waals surface area contributed by atoms with E-state index in [9.17, 15) is 13.2 Å². The lowest BCUT2D eigenvalue weighted by Crippen LogP contribution is -2.21. The van der Waals surface area contributed by atoms with Crippen LogP contribution in [0, 0.1) is 0 Å². The molecule has 0 atom stereocenters. The Balaban J connectivity index is 2.67. The molecule has 1 rings (SSSR count). The van der Waals surface area contributed by atoms with Crippen LogP contribution in [-0.4, -0.2) is 32.3 Å². The van der Waals surface area contributed by atoms with Gasteiger partial charge in [-0.3, -0.25) is 0 Å². The summed E-state index contributed by atoms with van der Waals surface area (Å²) in [6.07, 6.45) is -3.46. The molecule has 0 unspecified atom stereocenters. The van der Waals surface area contributed by atoms with Gasteiger partial charge in [-0.25, -0.2) is 4.98 Å². The molecule has 1 aromatic rings. The molecule has 0 saturated carbocycles. The maximum Gasteiger partial charge on any atom is 0.427 e. The van der Waals surface area contributed by atoms with Gasteiger partial charge in [-0.2, -0.15) is 13.2 Å². The van der Waals surface area contributed by atoms with Crippen LogP contribution in [0.25, 0.3) is 0 Å². The highest BCUT2D eigenvalue weighted by Gasteiger charge is 2.33. The fourth-order valence-electron chi connectivity index (χ4n) is 0.896. The molecular weight excluding hydrogens is 229 g/mol. The third kappa shape index (κ3) is 3.35. The van der Waals surface area contributed by atoms with Crippen LogP contribution in [0.15, 0.2) is 6.20 Å².